The number of hydrogen-bond donors (Lipinski definition) is 0. The molecule has 0 N–H and O–H groups in total. The van der Waals surface area contributed by atoms with Gasteiger partial charge in [-0.3, -0.25) is 0 Å². The molecule has 0 heterocycles. The molecule has 2 aliphatic carbocycles. The summed E-state index contributed by atoms with van der Waals surface area (Å²) in [4.78, 5) is 0.249. The average Bonchev–Trinajstić information content (AvgIpc) is 2.95. The van der Waals surface area contributed by atoms with Gasteiger partial charge in [0.15, 0.2) is 9.84 Å². The van der Waals surface area contributed by atoms with Crippen molar-refractivity contribution in [2.45, 2.75) is 49.6 Å². The minimum absolute atomic E-state index is 0.0886. The molecule has 0 bridgehead atoms. The molecule has 2 aliphatic rings. The van der Waals surface area contributed by atoms with Crippen molar-refractivity contribution in [3.8, 4) is 0 Å². The van der Waals surface area contributed by atoms with E-state index in [0.717, 1.165) is 42.9 Å². The fraction of sp³-hybridized carbons (Fsp3) is 0.364. The third-order valence-electron chi connectivity index (χ3n) is 5.79. The molecule has 2 aromatic rings. The SMILES string of the molecule is Cc1ccc(S(=O)(=O)CC2=C3CCCCC3c3cc(C(F)(F)F)ccc32)cc1. The summed E-state index contributed by atoms with van der Waals surface area (Å²) >= 11 is 0. The van der Waals surface area contributed by atoms with Crippen LogP contribution >= 0.6 is 0 Å². The molecule has 148 valence electrons. The van der Waals surface area contributed by atoms with Crippen LogP contribution in [-0.4, -0.2) is 14.2 Å². The van der Waals surface area contributed by atoms with Crippen LogP contribution in [0.2, 0.25) is 0 Å². The van der Waals surface area contributed by atoms with Gasteiger partial charge in [0.25, 0.3) is 0 Å². The van der Waals surface area contributed by atoms with Gasteiger partial charge in [-0.05, 0) is 67.2 Å². The van der Waals surface area contributed by atoms with Gasteiger partial charge in [0.05, 0.1) is 16.2 Å². The van der Waals surface area contributed by atoms with Crippen LogP contribution in [0.5, 0.6) is 0 Å². The van der Waals surface area contributed by atoms with Crippen molar-refractivity contribution in [3.05, 3.63) is 70.3 Å². The summed E-state index contributed by atoms with van der Waals surface area (Å²) in [5, 5.41) is 0. The second-order valence-corrected chi connectivity index (χ2v) is 9.66. The predicted octanol–water partition coefficient (Wildman–Crippen LogP) is 5.91. The largest absolute Gasteiger partial charge is 0.416 e. The van der Waals surface area contributed by atoms with Gasteiger partial charge >= 0.3 is 6.18 Å². The molecule has 6 heteroatoms. The van der Waals surface area contributed by atoms with Crippen LogP contribution in [0.1, 0.15) is 53.9 Å². The first-order valence-corrected chi connectivity index (χ1v) is 11.0. The van der Waals surface area contributed by atoms with E-state index in [1.165, 1.54) is 12.1 Å². The first-order chi connectivity index (χ1) is 13.2. The van der Waals surface area contributed by atoms with Crippen LogP contribution in [0.3, 0.4) is 0 Å². The maximum atomic E-state index is 13.2. The second-order valence-electron chi connectivity index (χ2n) is 7.67. The highest BCUT2D eigenvalue weighted by atomic mass is 32.2. The number of benzene rings is 2. The van der Waals surface area contributed by atoms with Gasteiger partial charge in [-0.25, -0.2) is 8.42 Å². The Morgan fingerprint density at radius 3 is 2.43 bits per heavy atom. The van der Waals surface area contributed by atoms with Gasteiger partial charge in [-0.1, -0.05) is 35.8 Å². The lowest BCUT2D eigenvalue weighted by atomic mass is 9.82. The van der Waals surface area contributed by atoms with Gasteiger partial charge in [-0.2, -0.15) is 13.2 Å². The predicted molar refractivity (Wildman–Crippen MR) is 103 cm³/mol. The minimum atomic E-state index is -4.40. The number of alkyl halides is 3. The van der Waals surface area contributed by atoms with E-state index in [4.69, 9.17) is 0 Å². The highest BCUT2D eigenvalue weighted by Crippen LogP contribution is 2.50. The summed E-state index contributed by atoms with van der Waals surface area (Å²) in [5.74, 6) is -0.255. The molecule has 1 saturated carbocycles. The van der Waals surface area contributed by atoms with Crippen LogP contribution < -0.4 is 0 Å². The molecule has 2 aromatic carbocycles. The van der Waals surface area contributed by atoms with Gasteiger partial charge < -0.3 is 0 Å². The minimum Gasteiger partial charge on any atom is -0.223 e. The maximum Gasteiger partial charge on any atom is 0.416 e. The first-order valence-electron chi connectivity index (χ1n) is 9.40. The van der Waals surface area contributed by atoms with Crippen LogP contribution in [-0.2, 0) is 16.0 Å². The zero-order chi connectivity index (χ0) is 20.1. The number of allylic oxidation sites excluding steroid dienone is 1. The van der Waals surface area contributed by atoms with E-state index in [2.05, 4.69) is 0 Å². The highest BCUT2D eigenvalue weighted by molar-refractivity contribution is 7.91. The van der Waals surface area contributed by atoms with E-state index in [0.29, 0.717) is 16.7 Å². The molecule has 0 radical (unpaired) electrons. The summed E-state index contributed by atoms with van der Waals surface area (Å²) in [6.45, 7) is 1.89. The number of fused-ring (bicyclic) bond motifs is 3. The Hall–Kier alpha value is -2.08. The van der Waals surface area contributed by atoms with E-state index in [-0.39, 0.29) is 16.6 Å². The monoisotopic (exact) mass is 406 g/mol. The van der Waals surface area contributed by atoms with Crippen molar-refractivity contribution < 1.29 is 21.6 Å². The molecular formula is C22H21F3O2S. The highest BCUT2D eigenvalue weighted by Gasteiger charge is 2.38. The summed E-state index contributed by atoms with van der Waals surface area (Å²) in [6.07, 6.45) is -0.986. The fourth-order valence-corrected chi connectivity index (χ4v) is 5.82. The Kier molecular flexibility index (Phi) is 4.65. The average molecular weight is 406 g/mol. The number of hydrogen-bond acceptors (Lipinski definition) is 2. The normalized spacial score (nSPS) is 19.5. The number of halogens is 3. The van der Waals surface area contributed by atoms with Crippen molar-refractivity contribution >= 4 is 15.4 Å². The van der Waals surface area contributed by atoms with Crippen LogP contribution in [0.25, 0.3) is 5.57 Å². The van der Waals surface area contributed by atoms with Crippen molar-refractivity contribution in [1.29, 1.82) is 0 Å². The van der Waals surface area contributed by atoms with E-state index < -0.39 is 21.6 Å². The van der Waals surface area contributed by atoms with Crippen LogP contribution in [0, 0.1) is 6.92 Å². The number of rotatable bonds is 3. The van der Waals surface area contributed by atoms with Crippen LogP contribution in [0.4, 0.5) is 13.2 Å². The molecule has 0 spiro atoms. The van der Waals surface area contributed by atoms with E-state index >= 15 is 0 Å². The van der Waals surface area contributed by atoms with Gasteiger partial charge in [-0.15, -0.1) is 0 Å². The van der Waals surface area contributed by atoms with Crippen LogP contribution in [0.15, 0.2) is 52.9 Å². The Balaban J connectivity index is 1.77. The van der Waals surface area contributed by atoms with E-state index in [1.807, 2.05) is 6.92 Å². The molecule has 0 aromatic heterocycles. The summed E-state index contributed by atoms with van der Waals surface area (Å²) in [5.41, 5.74) is 3.33. The Bertz CT molecular complexity index is 1050. The van der Waals surface area contributed by atoms with Gasteiger partial charge in [0.1, 0.15) is 0 Å². The Morgan fingerprint density at radius 1 is 1.04 bits per heavy atom. The summed E-state index contributed by atoms with van der Waals surface area (Å²) < 4.78 is 65.6. The third kappa shape index (κ3) is 3.39. The third-order valence-corrected chi connectivity index (χ3v) is 7.45. The lowest BCUT2D eigenvalue weighted by Crippen LogP contribution is -2.10. The quantitative estimate of drug-likeness (QED) is 0.635. The zero-order valence-corrected chi connectivity index (χ0v) is 16.3. The molecular weight excluding hydrogens is 385 g/mol. The van der Waals surface area contributed by atoms with Gasteiger partial charge in [0, 0.05) is 5.92 Å². The lowest BCUT2D eigenvalue weighted by Gasteiger charge is -2.23. The Labute approximate surface area is 163 Å². The second kappa shape index (κ2) is 6.76. The van der Waals surface area contributed by atoms with E-state index in [1.54, 1.807) is 24.3 Å². The number of sulfone groups is 1. The lowest BCUT2D eigenvalue weighted by molar-refractivity contribution is -0.137. The Morgan fingerprint density at radius 2 is 1.75 bits per heavy atom. The smallest absolute Gasteiger partial charge is 0.223 e. The molecule has 0 amide bonds. The number of aryl methyl sites for hydroxylation is 1. The van der Waals surface area contributed by atoms with Crippen molar-refractivity contribution in [2.24, 2.45) is 0 Å². The van der Waals surface area contributed by atoms with Crippen molar-refractivity contribution in [1.82, 2.24) is 0 Å². The molecule has 1 unspecified atom stereocenters. The molecule has 4 rings (SSSR count). The first kappa shape index (κ1) is 19.2. The fourth-order valence-electron chi connectivity index (χ4n) is 4.38. The molecule has 0 aliphatic heterocycles. The van der Waals surface area contributed by atoms with Crippen molar-refractivity contribution in [3.63, 3.8) is 0 Å². The summed E-state index contributed by atoms with van der Waals surface area (Å²) in [7, 11) is -3.57. The topological polar surface area (TPSA) is 34.1 Å². The molecule has 1 atom stereocenters. The van der Waals surface area contributed by atoms with E-state index in [9.17, 15) is 21.6 Å². The molecule has 2 nitrogen and oxygen atoms in total. The van der Waals surface area contributed by atoms with Crippen molar-refractivity contribution in [2.75, 3.05) is 5.75 Å². The molecule has 1 fully saturated rings. The maximum absolute atomic E-state index is 13.2. The molecule has 0 saturated heterocycles. The zero-order valence-electron chi connectivity index (χ0n) is 15.5. The standard InChI is InChI=1S/C22H21F3O2S/c1-14-6-9-16(10-7-14)28(26,27)13-21-18-5-3-2-4-17(18)20-12-15(22(23,24)25)8-11-19(20)21/h6-12,17H,2-5,13H2,1H3. The van der Waals surface area contributed by atoms with Gasteiger partial charge in [0.2, 0.25) is 0 Å². The molecule has 28 heavy (non-hydrogen) atoms. The summed E-state index contributed by atoms with van der Waals surface area (Å²) in [6, 6.07) is 10.4.